The average Bonchev–Trinajstić information content (AvgIpc) is 2.48. The van der Waals surface area contributed by atoms with Crippen LogP contribution in [-0.4, -0.2) is 26.6 Å². The first kappa shape index (κ1) is 17.9. The zero-order valence-electron chi connectivity index (χ0n) is 13.8. The molecule has 0 atom stereocenters. The maximum absolute atomic E-state index is 12.5. The van der Waals surface area contributed by atoms with Crippen molar-refractivity contribution in [3.8, 4) is 5.69 Å². The Morgan fingerprint density at radius 2 is 1.88 bits per heavy atom. The van der Waals surface area contributed by atoms with E-state index in [9.17, 15) is 19.5 Å². The Bertz CT molecular complexity index is 894. The van der Waals surface area contributed by atoms with Gasteiger partial charge in [0, 0.05) is 10.4 Å². The third kappa shape index (κ3) is 3.23. The Balaban J connectivity index is 2.83. The molecule has 0 fully saturated rings. The summed E-state index contributed by atoms with van der Waals surface area (Å²) in [7, 11) is 0. The van der Waals surface area contributed by atoms with Crippen molar-refractivity contribution in [2.24, 2.45) is 5.41 Å². The molecular formula is C17H17ClN2O4. The van der Waals surface area contributed by atoms with Crippen LogP contribution < -0.4 is 5.56 Å². The maximum Gasteiger partial charge on any atom is 0.341 e. The molecule has 7 heteroatoms. The van der Waals surface area contributed by atoms with Crippen molar-refractivity contribution in [2.75, 3.05) is 0 Å². The van der Waals surface area contributed by atoms with E-state index in [1.807, 2.05) is 0 Å². The number of rotatable bonds is 3. The molecule has 126 valence electrons. The topological polar surface area (TPSA) is 89.3 Å². The minimum atomic E-state index is -1.42. The van der Waals surface area contributed by atoms with Crippen LogP contribution in [0.15, 0.2) is 29.1 Å². The number of aromatic carboxylic acids is 1. The summed E-state index contributed by atoms with van der Waals surface area (Å²) < 4.78 is 0.920. The van der Waals surface area contributed by atoms with E-state index in [-0.39, 0.29) is 11.5 Å². The zero-order chi connectivity index (χ0) is 18.2. The summed E-state index contributed by atoms with van der Waals surface area (Å²) in [6.45, 7) is 6.76. The van der Waals surface area contributed by atoms with E-state index in [2.05, 4.69) is 5.10 Å². The van der Waals surface area contributed by atoms with E-state index in [0.29, 0.717) is 16.3 Å². The fourth-order valence-corrected chi connectivity index (χ4v) is 2.30. The van der Waals surface area contributed by atoms with Crippen molar-refractivity contribution in [3.05, 3.63) is 56.5 Å². The van der Waals surface area contributed by atoms with Crippen LogP contribution in [0.5, 0.6) is 0 Å². The van der Waals surface area contributed by atoms with Crippen LogP contribution in [0.3, 0.4) is 0 Å². The van der Waals surface area contributed by atoms with Gasteiger partial charge in [-0.15, -0.1) is 0 Å². The average molecular weight is 349 g/mol. The Labute approximate surface area is 143 Å². The maximum atomic E-state index is 12.5. The van der Waals surface area contributed by atoms with E-state index in [1.54, 1.807) is 45.9 Å². The highest BCUT2D eigenvalue weighted by Gasteiger charge is 2.27. The van der Waals surface area contributed by atoms with Gasteiger partial charge in [0.1, 0.15) is 11.3 Å². The minimum absolute atomic E-state index is 0.0844. The molecule has 6 nitrogen and oxygen atoms in total. The molecular weight excluding hydrogens is 332 g/mol. The van der Waals surface area contributed by atoms with Crippen LogP contribution in [-0.2, 0) is 0 Å². The molecule has 0 aliphatic carbocycles. The lowest BCUT2D eigenvalue weighted by Crippen LogP contribution is -2.32. The number of carboxylic acids is 1. The summed E-state index contributed by atoms with van der Waals surface area (Å²) in [5.41, 5.74) is -1.30. The van der Waals surface area contributed by atoms with Crippen molar-refractivity contribution in [1.29, 1.82) is 0 Å². The highest BCUT2D eigenvalue weighted by atomic mass is 35.5. The van der Waals surface area contributed by atoms with Gasteiger partial charge in [0.25, 0.3) is 5.56 Å². The first-order valence-electron chi connectivity index (χ1n) is 7.22. The van der Waals surface area contributed by atoms with Gasteiger partial charge in [-0.05, 0) is 30.7 Å². The normalized spacial score (nSPS) is 11.4. The second-order valence-corrected chi connectivity index (χ2v) is 6.84. The molecule has 2 rings (SSSR count). The Hall–Kier alpha value is -2.47. The Kier molecular flexibility index (Phi) is 4.62. The first-order chi connectivity index (χ1) is 11.0. The van der Waals surface area contributed by atoms with Crippen LogP contribution in [0, 0.1) is 12.3 Å². The number of halogens is 1. The fourth-order valence-electron chi connectivity index (χ4n) is 2.13. The lowest BCUT2D eigenvalue weighted by molar-refractivity contribution is 0.0694. The molecule has 1 aromatic carbocycles. The van der Waals surface area contributed by atoms with E-state index < -0.39 is 22.5 Å². The molecule has 1 N–H and O–H groups in total. The van der Waals surface area contributed by atoms with Gasteiger partial charge in [-0.3, -0.25) is 9.59 Å². The van der Waals surface area contributed by atoms with Crippen LogP contribution in [0.25, 0.3) is 5.69 Å². The number of nitrogens with zero attached hydrogens (tertiary/aromatic N) is 2. The van der Waals surface area contributed by atoms with Gasteiger partial charge < -0.3 is 5.11 Å². The molecule has 1 aromatic heterocycles. The van der Waals surface area contributed by atoms with E-state index in [4.69, 9.17) is 11.6 Å². The highest BCUT2D eigenvalue weighted by molar-refractivity contribution is 6.31. The van der Waals surface area contributed by atoms with Crippen molar-refractivity contribution >= 4 is 23.4 Å². The largest absolute Gasteiger partial charge is 0.477 e. The van der Waals surface area contributed by atoms with E-state index >= 15 is 0 Å². The van der Waals surface area contributed by atoms with Crippen molar-refractivity contribution < 1.29 is 14.7 Å². The molecule has 0 spiro atoms. The quantitative estimate of drug-likeness (QED) is 0.861. The zero-order valence-corrected chi connectivity index (χ0v) is 14.5. The van der Waals surface area contributed by atoms with Gasteiger partial charge in [-0.2, -0.15) is 9.78 Å². The van der Waals surface area contributed by atoms with E-state index in [0.717, 1.165) is 10.7 Å². The van der Waals surface area contributed by atoms with Gasteiger partial charge in [0.15, 0.2) is 5.78 Å². The van der Waals surface area contributed by atoms with Crippen LogP contribution in [0.2, 0.25) is 5.02 Å². The summed E-state index contributed by atoms with van der Waals surface area (Å²) >= 11 is 6.07. The second-order valence-electron chi connectivity index (χ2n) is 6.43. The summed E-state index contributed by atoms with van der Waals surface area (Å²) in [4.78, 5) is 36.4. The molecule has 0 unspecified atom stereocenters. The monoisotopic (exact) mass is 348 g/mol. The SMILES string of the molecule is Cc1c(Cl)cccc1-n1nc(C(=O)C(C)(C)C)cc(C(=O)O)c1=O. The van der Waals surface area contributed by atoms with Crippen molar-refractivity contribution in [3.63, 3.8) is 0 Å². The smallest absolute Gasteiger partial charge is 0.341 e. The van der Waals surface area contributed by atoms with Gasteiger partial charge in [0.05, 0.1) is 5.69 Å². The lowest BCUT2D eigenvalue weighted by Gasteiger charge is -2.17. The number of carbonyl (C=O) groups excluding carboxylic acids is 1. The summed E-state index contributed by atoms with van der Waals surface area (Å²) in [5, 5.41) is 13.8. The van der Waals surface area contributed by atoms with Crippen molar-refractivity contribution in [1.82, 2.24) is 9.78 Å². The third-order valence-corrected chi connectivity index (χ3v) is 3.93. The second kappa shape index (κ2) is 6.20. The first-order valence-corrected chi connectivity index (χ1v) is 7.60. The summed E-state index contributed by atoms with van der Waals surface area (Å²) in [6, 6.07) is 5.88. The molecule has 0 radical (unpaired) electrons. The van der Waals surface area contributed by atoms with Crippen molar-refractivity contribution in [2.45, 2.75) is 27.7 Å². The minimum Gasteiger partial charge on any atom is -0.477 e. The number of carbonyl (C=O) groups is 2. The predicted molar refractivity (Wildman–Crippen MR) is 90.3 cm³/mol. The molecule has 0 aliphatic heterocycles. The molecule has 0 aliphatic rings. The number of hydrogen-bond donors (Lipinski definition) is 1. The van der Waals surface area contributed by atoms with Gasteiger partial charge in [0.2, 0.25) is 0 Å². The standard InChI is InChI=1S/C17H17ClN2O4/c1-9-11(18)6-5-7-13(9)20-15(22)10(16(23)24)8-12(19-20)14(21)17(2,3)4/h5-8H,1-4H3,(H,23,24). The predicted octanol–water partition coefficient (Wildman–Crippen LogP) is 3.12. The Morgan fingerprint density at radius 1 is 1.25 bits per heavy atom. The number of hydrogen-bond acceptors (Lipinski definition) is 4. The molecule has 0 saturated carbocycles. The van der Waals surface area contributed by atoms with Crippen LogP contribution in [0.1, 0.15) is 47.2 Å². The fraction of sp³-hybridized carbons (Fsp3) is 0.294. The molecule has 0 amide bonds. The third-order valence-electron chi connectivity index (χ3n) is 3.52. The van der Waals surface area contributed by atoms with Gasteiger partial charge >= 0.3 is 5.97 Å². The number of benzene rings is 1. The summed E-state index contributed by atoms with van der Waals surface area (Å²) in [6.07, 6.45) is 0. The van der Waals surface area contributed by atoms with Gasteiger partial charge in [-0.1, -0.05) is 38.4 Å². The molecule has 2 aromatic rings. The van der Waals surface area contributed by atoms with Gasteiger partial charge in [-0.25, -0.2) is 4.79 Å². The number of aromatic nitrogens is 2. The molecule has 0 saturated heterocycles. The molecule has 0 bridgehead atoms. The van der Waals surface area contributed by atoms with Crippen LogP contribution >= 0.6 is 11.6 Å². The van der Waals surface area contributed by atoms with Crippen LogP contribution in [0.4, 0.5) is 0 Å². The highest BCUT2D eigenvalue weighted by Crippen LogP contribution is 2.23. The molecule has 1 heterocycles. The number of ketones is 1. The lowest BCUT2D eigenvalue weighted by atomic mass is 9.88. The summed E-state index contributed by atoms with van der Waals surface area (Å²) in [5.74, 6) is -1.78. The van der Waals surface area contributed by atoms with E-state index in [1.165, 1.54) is 0 Å². The number of Topliss-reactive ketones (excluding diaryl/α,β-unsaturated/α-hetero) is 1. The molecule has 24 heavy (non-hydrogen) atoms. The number of carboxylic acid groups (broad SMARTS) is 1. The Morgan fingerprint density at radius 3 is 2.42 bits per heavy atom.